The fraction of sp³-hybridized carbons (Fsp3) is 0.600. The minimum Gasteiger partial charge on any atom is -0.352 e. The molecule has 0 radical (unpaired) electrons. The SMILES string of the molecule is C[C@@H](C(=O)Nc1ccc(Cl)c(S(=O)(=O)N(C)C)c1)N1CCN(CC(=O)NC2CC2)CC1. The third-order valence-corrected chi connectivity index (χ3v) is 7.90. The smallest absolute Gasteiger partial charge is 0.244 e. The van der Waals surface area contributed by atoms with Gasteiger partial charge in [-0.2, -0.15) is 0 Å². The Morgan fingerprint density at radius 1 is 1.19 bits per heavy atom. The van der Waals surface area contributed by atoms with Crippen LogP contribution in [0.3, 0.4) is 0 Å². The number of halogens is 1. The minimum atomic E-state index is -3.73. The van der Waals surface area contributed by atoms with Crippen molar-refractivity contribution in [2.24, 2.45) is 0 Å². The van der Waals surface area contributed by atoms with E-state index >= 15 is 0 Å². The van der Waals surface area contributed by atoms with Crippen LogP contribution in [0.15, 0.2) is 23.1 Å². The lowest BCUT2D eigenvalue weighted by Crippen LogP contribution is -2.54. The lowest BCUT2D eigenvalue weighted by atomic mass is 10.2. The standard InChI is InChI=1S/C20H30ClN5O4S/c1-14(26-10-8-25(9-11-26)13-19(27)22-15-4-5-15)20(28)23-16-6-7-17(21)18(12-16)31(29,30)24(2)3/h6-7,12,14-15H,4-5,8-11,13H2,1-3H3,(H,22,27)(H,23,28)/t14-/m0/s1. The van der Waals surface area contributed by atoms with Crippen LogP contribution in [0, 0.1) is 0 Å². The maximum absolute atomic E-state index is 12.8. The molecule has 0 unspecified atom stereocenters. The first-order valence-electron chi connectivity index (χ1n) is 10.4. The summed E-state index contributed by atoms with van der Waals surface area (Å²) in [5.41, 5.74) is 0.372. The van der Waals surface area contributed by atoms with Crippen molar-refractivity contribution < 1.29 is 18.0 Å². The van der Waals surface area contributed by atoms with Crippen LogP contribution >= 0.6 is 11.6 Å². The molecule has 2 aliphatic rings. The van der Waals surface area contributed by atoms with Gasteiger partial charge in [0.25, 0.3) is 0 Å². The van der Waals surface area contributed by atoms with Gasteiger partial charge in [0.15, 0.2) is 0 Å². The Morgan fingerprint density at radius 3 is 2.42 bits per heavy atom. The molecule has 1 saturated heterocycles. The van der Waals surface area contributed by atoms with Gasteiger partial charge in [-0.25, -0.2) is 12.7 Å². The molecule has 1 aliphatic carbocycles. The molecule has 172 valence electrons. The summed E-state index contributed by atoms with van der Waals surface area (Å²) in [7, 11) is -0.875. The molecule has 1 saturated carbocycles. The number of carbonyl (C=O) groups excluding carboxylic acids is 2. The molecule has 1 heterocycles. The van der Waals surface area contributed by atoms with Crippen molar-refractivity contribution in [3.63, 3.8) is 0 Å². The highest BCUT2D eigenvalue weighted by Crippen LogP contribution is 2.27. The number of piperazine rings is 1. The second kappa shape index (κ2) is 9.83. The normalized spacial score (nSPS) is 19.3. The Hall–Kier alpha value is -1.72. The number of anilines is 1. The number of carbonyl (C=O) groups is 2. The van der Waals surface area contributed by atoms with Crippen LogP contribution in [-0.2, 0) is 19.6 Å². The number of hydrogen-bond donors (Lipinski definition) is 2. The molecule has 1 aromatic rings. The molecule has 1 aromatic carbocycles. The zero-order chi connectivity index (χ0) is 22.8. The van der Waals surface area contributed by atoms with E-state index in [4.69, 9.17) is 11.6 Å². The topological polar surface area (TPSA) is 102 Å². The maximum Gasteiger partial charge on any atom is 0.244 e. The van der Waals surface area contributed by atoms with E-state index in [9.17, 15) is 18.0 Å². The van der Waals surface area contributed by atoms with Gasteiger partial charge < -0.3 is 10.6 Å². The van der Waals surface area contributed by atoms with E-state index in [1.54, 1.807) is 6.07 Å². The van der Waals surface area contributed by atoms with Gasteiger partial charge in [-0.15, -0.1) is 0 Å². The molecule has 0 aromatic heterocycles. The van der Waals surface area contributed by atoms with Crippen LogP contribution in [0.5, 0.6) is 0 Å². The Morgan fingerprint density at radius 2 is 1.84 bits per heavy atom. The monoisotopic (exact) mass is 471 g/mol. The second-order valence-electron chi connectivity index (χ2n) is 8.25. The van der Waals surface area contributed by atoms with Crippen LogP contribution in [-0.4, -0.2) is 93.2 Å². The van der Waals surface area contributed by atoms with Crippen LogP contribution < -0.4 is 10.6 Å². The fourth-order valence-corrected chi connectivity index (χ4v) is 4.79. The Labute approximate surface area is 188 Å². The predicted octanol–water partition coefficient (Wildman–Crippen LogP) is 0.814. The number of nitrogens with zero attached hydrogens (tertiary/aromatic N) is 3. The van der Waals surface area contributed by atoms with Gasteiger partial charge in [-0.3, -0.25) is 19.4 Å². The number of amides is 2. The molecule has 3 rings (SSSR count). The number of sulfonamides is 1. The van der Waals surface area contributed by atoms with E-state index in [1.807, 2.05) is 6.92 Å². The first-order valence-corrected chi connectivity index (χ1v) is 12.2. The molecule has 1 atom stereocenters. The molecular formula is C20H30ClN5O4S. The number of rotatable bonds is 8. The van der Waals surface area contributed by atoms with Crippen molar-refractivity contribution in [3.05, 3.63) is 23.2 Å². The van der Waals surface area contributed by atoms with Crippen molar-refractivity contribution in [2.45, 2.75) is 36.7 Å². The van der Waals surface area contributed by atoms with Gasteiger partial charge in [0.1, 0.15) is 4.90 Å². The van der Waals surface area contributed by atoms with Gasteiger partial charge in [0.2, 0.25) is 21.8 Å². The number of hydrogen-bond acceptors (Lipinski definition) is 6. The Kier molecular flexibility index (Phi) is 7.59. The van der Waals surface area contributed by atoms with Crippen molar-refractivity contribution in [1.29, 1.82) is 0 Å². The molecule has 31 heavy (non-hydrogen) atoms. The highest BCUT2D eigenvalue weighted by Gasteiger charge is 2.28. The van der Waals surface area contributed by atoms with Crippen molar-refractivity contribution in [2.75, 3.05) is 52.1 Å². The lowest BCUT2D eigenvalue weighted by molar-refractivity contribution is -0.124. The van der Waals surface area contributed by atoms with Gasteiger partial charge in [-0.1, -0.05) is 11.6 Å². The molecule has 0 spiro atoms. The summed E-state index contributed by atoms with van der Waals surface area (Å²) < 4.78 is 25.9. The molecule has 2 N–H and O–H groups in total. The zero-order valence-corrected chi connectivity index (χ0v) is 19.7. The highest BCUT2D eigenvalue weighted by atomic mass is 35.5. The van der Waals surface area contributed by atoms with Gasteiger partial charge in [0.05, 0.1) is 17.6 Å². The van der Waals surface area contributed by atoms with E-state index in [2.05, 4.69) is 20.4 Å². The molecular weight excluding hydrogens is 442 g/mol. The van der Waals surface area contributed by atoms with Crippen LogP contribution in [0.1, 0.15) is 19.8 Å². The summed E-state index contributed by atoms with van der Waals surface area (Å²) in [4.78, 5) is 28.8. The first-order chi connectivity index (χ1) is 14.6. The van der Waals surface area contributed by atoms with E-state index < -0.39 is 16.1 Å². The third-order valence-electron chi connectivity index (χ3n) is 5.60. The zero-order valence-electron chi connectivity index (χ0n) is 18.1. The number of nitrogens with one attached hydrogen (secondary N) is 2. The van der Waals surface area contributed by atoms with E-state index in [-0.39, 0.29) is 21.7 Å². The molecule has 1 aliphatic heterocycles. The maximum atomic E-state index is 12.8. The molecule has 11 heteroatoms. The Bertz CT molecular complexity index is 927. The van der Waals surface area contributed by atoms with Crippen molar-refractivity contribution in [1.82, 2.24) is 19.4 Å². The third kappa shape index (κ3) is 6.17. The molecule has 2 amide bonds. The van der Waals surface area contributed by atoms with Gasteiger partial charge in [0, 0.05) is 52.0 Å². The Balaban J connectivity index is 1.54. The van der Waals surface area contributed by atoms with Gasteiger partial charge in [-0.05, 0) is 38.0 Å². The summed E-state index contributed by atoms with van der Waals surface area (Å²) in [6.45, 7) is 4.97. The summed E-state index contributed by atoms with van der Waals surface area (Å²) >= 11 is 6.07. The summed E-state index contributed by atoms with van der Waals surface area (Å²) in [6, 6.07) is 4.38. The van der Waals surface area contributed by atoms with E-state index in [0.29, 0.717) is 44.5 Å². The largest absolute Gasteiger partial charge is 0.352 e. The van der Waals surface area contributed by atoms with E-state index in [1.165, 1.54) is 26.2 Å². The fourth-order valence-electron chi connectivity index (χ4n) is 3.40. The summed E-state index contributed by atoms with van der Waals surface area (Å²) in [5, 5.41) is 5.88. The lowest BCUT2D eigenvalue weighted by Gasteiger charge is -2.37. The highest BCUT2D eigenvalue weighted by molar-refractivity contribution is 7.89. The van der Waals surface area contributed by atoms with Crippen LogP contribution in [0.2, 0.25) is 5.02 Å². The van der Waals surface area contributed by atoms with E-state index in [0.717, 1.165) is 17.1 Å². The van der Waals surface area contributed by atoms with Crippen molar-refractivity contribution in [3.8, 4) is 0 Å². The quantitative estimate of drug-likeness (QED) is 0.582. The van der Waals surface area contributed by atoms with Crippen LogP contribution in [0.25, 0.3) is 0 Å². The predicted molar refractivity (Wildman–Crippen MR) is 120 cm³/mol. The van der Waals surface area contributed by atoms with Crippen LogP contribution in [0.4, 0.5) is 5.69 Å². The van der Waals surface area contributed by atoms with Gasteiger partial charge >= 0.3 is 0 Å². The summed E-state index contributed by atoms with van der Waals surface area (Å²) in [5.74, 6) is -0.164. The second-order valence-corrected chi connectivity index (χ2v) is 10.8. The molecule has 2 fully saturated rings. The van der Waals surface area contributed by atoms with Crippen molar-refractivity contribution >= 4 is 39.1 Å². The number of benzene rings is 1. The molecule has 9 nitrogen and oxygen atoms in total. The molecule has 0 bridgehead atoms. The minimum absolute atomic E-state index is 0.0530. The first kappa shape index (κ1) is 23.9. The average molecular weight is 472 g/mol. The summed E-state index contributed by atoms with van der Waals surface area (Å²) in [6.07, 6.45) is 2.14. The average Bonchev–Trinajstić information content (AvgIpc) is 3.53.